The lowest BCUT2D eigenvalue weighted by Gasteiger charge is -2.23. The number of halogens is 1. The van der Waals surface area contributed by atoms with E-state index in [4.69, 9.17) is 4.74 Å². The van der Waals surface area contributed by atoms with E-state index in [2.05, 4.69) is 20.7 Å². The third-order valence-corrected chi connectivity index (χ3v) is 7.97. The first-order valence-corrected chi connectivity index (χ1v) is 13.3. The summed E-state index contributed by atoms with van der Waals surface area (Å²) in [5.74, 6) is 0.336. The number of carbonyl (C=O) groups excluding carboxylic acids is 1. The number of nitrogens with one attached hydrogen (secondary N) is 1. The summed E-state index contributed by atoms with van der Waals surface area (Å²) in [5, 5.41) is 0. The monoisotopic (exact) mass is 542 g/mol. The predicted molar refractivity (Wildman–Crippen MR) is 138 cm³/mol. The van der Waals surface area contributed by atoms with Gasteiger partial charge in [-0.1, -0.05) is 22.0 Å². The molecule has 1 atom stereocenters. The molecule has 178 valence electrons. The van der Waals surface area contributed by atoms with Gasteiger partial charge in [-0.25, -0.2) is 8.42 Å². The van der Waals surface area contributed by atoms with Gasteiger partial charge in [-0.2, -0.15) is 0 Å². The molecule has 0 saturated heterocycles. The van der Waals surface area contributed by atoms with Gasteiger partial charge in [0.1, 0.15) is 5.75 Å². The maximum Gasteiger partial charge on any atom is 0.265 e. The van der Waals surface area contributed by atoms with Crippen molar-refractivity contribution in [2.45, 2.75) is 45.1 Å². The van der Waals surface area contributed by atoms with Crippen LogP contribution in [0.2, 0.25) is 0 Å². The first kappa shape index (κ1) is 24.3. The lowest BCUT2D eigenvalue weighted by Crippen LogP contribution is -2.39. The highest BCUT2D eigenvalue weighted by Gasteiger charge is 2.31. The molecule has 3 aromatic rings. The molecule has 3 aromatic carbocycles. The van der Waals surface area contributed by atoms with Gasteiger partial charge in [-0.15, -0.1) is 0 Å². The predicted octanol–water partition coefficient (Wildman–Crippen LogP) is 5.53. The van der Waals surface area contributed by atoms with Crippen LogP contribution in [0.3, 0.4) is 0 Å². The fraction of sp³-hybridized carbons (Fsp3) is 0.269. The quantitative estimate of drug-likeness (QED) is 0.444. The summed E-state index contributed by atoms with van der Waals surface area (Å²) in [6, 6.07) is 16.0. The van der Waals surface area contributed by atoms with Gasteiger partial charge in [0.2, 0.25) is 0 Å². The molecule has 1 aliphatic rings. The maximum atomic E-state index is 13.0. The van der Waals surface area contributed by atoms with Crippen molar-refractivity contribution < 1.29 is 17.9 Å². The molecule has 0 aromatic heterocycles. The molecule has 4 rings (SSSR count). The number of sulfonamides is 1. The van der Waals surface area contributed by atoms with E-state index in [0.717, 1.165) is 33.3 Å². The molecule has 1 amide bonds. The first-order chi connectivity index (χ1) is 16.0. The molecule has 0 unspecified atom stereocenters. The van der Waals surface area contributed by atoms with Crippen molar-refractivity contribution in [3.05, 3.63) is 81.3 Å². The number of aryl methyl sites for hydroxylation is 3. The fourth-order valence-corrected chi connectivity index (χ4v) is 5.70. The van der Waals surface area contributed by atoms with Crippen molar-refractivity contribution in [3.63, 3.8) is 0 Å². The standard InChI is InChI=1S/C26H27BrN2O4S/c1-16-5-7-22(11-17(16)2)28-34(31,32)23-8-10-25(18(3)12-23)33-15-26(30)29-19(4)13-20-14-21(27)6-9-24(20)29/h5-12,14,19,28H,13,15H2,1-4H3/t19-/m0/s1. The Hall–Kier alpha value is -2.84. The van der Waals surface area contributed by atoms with Crippen LogP contribution in [0.4, 0.5) is 11.4 Å². The minimum atomic E-state index is -3.76. The van der Waals surface area contributed by atoms with Gasteiger partial charge in [0.15, 0.2) is 6.61 Å². The molecule has 6 nitrogen and oxygen atoms in total. The lowest BCUT2D eigenvalue weighted by atomic mass is 10.1. The van der Waals surface area contributed by atoms with Crippen molar-refractivity contribution in [1.82, 2.24) is 0 Å². The summed E-state index contributed by atoms with van der Waals surface area (Å²) >= 11 is 3.48. The highest BCUT2D eigenvalue weighted by Crippen LogP contribution is 2.34. The first-order valence-electron chi connectivity index (χ1n) is 11.0. The average Bonchev–Trinajstić information content (AvgIpc) is 3.09. The van der Waals surface area contributed by atoms with Crippen LogP contribution in [-0.4, -0.2) is 27.0 Å². The van der Waals surface area contributed by atoms with Gasteiger partial charge in [0.05, 0.1) is 4.90 Å². The summed E-state index contributed by atoms with van der Waals surface area (Å²) < 4.78 is 35.1. The van der Waals surface area contributed by atoms with Gasteiger partial charge in [-0.05, 0) is 105 Å². The van der Waals surface area contributed by atoms with Crippen molar-refractivity contribution in [3.8, 4) is 5.75 Å². The smallest absolute Gasteiger partial charge is 0.265 e. The zero-order valence-electron chi connectivity index (χ0n) is 19.6. The van der Waals surface area contributed by atoms with Crippen LogP contribution in [0.5, 0.6) is 5.75 Å². The summed E-state index contributed by atoms with van der Waals surface area (Å²) in [6.45, 7) is 7.56. The number of ether oxygens (including phenoxy) is 1. The molecule has 0 bridgehead atoms. The minimum absolute atomic E-state index is 0.0468. The van der Waals surface area contributed by atoms with Gasteiger partial charge in [0.25, 0.3) is 15.9 Å². The average molecular weight is 543 g/mol. The van der Waals surface area contributed by atoms with E-state index in [1.54, 1.807) is 36.1 Å². The number of hydrogen-bond donors (Lipinski definition) is 1. The molecule has 0 saturated carbocycles. The SMILES string of the molecule is Cc1ccc(NS(=O)(=O)c2ccc(OCC(=O)N3c4ccc(Br)cc4C[C@@H]3C)c(C)c2)cc1C. The molecular formula is C26H27BrN2O4S. The molecule has 0 fully saturated rings. The number of anilines is 2. The normalized spacial score (nSPS) is 15.2. The molecule has 0 spiro atoms. The number of carbonyl (C=O) groups is 1. The Labute approximate surface area is 209 Å². The van der Waals surface area contributed by atoms with Crippen LogP contribution < -0.4 is 14.4 Å². The third kappa shape index (κ3) is 4.98. The minimum Gasteiger partial charge on any atom is -0.483 e. The van der Waals surface area contributed by atoms with Gasteiger partial charge < -0.3 is 9.64 Å². The van der Waals surface area contributed by atoms with Crippen LogP contribution in [0, 0.1) is 20.8 Å². The zero-order chi connectivity index (χ0) is 24.6. The lowest BCUT2D eigenvalue weighted by molar-refractivity contribution is -0.120. The van der Waals surface area contributed by atoms with E-state index < -0.39 is 10.0 Å². The van der Waals surface area contributed by atoms with Gasteiger partial charge in [-0.3, -0.25) is 9.52 Å². The largest absolute Gasteiger partial charge is 0.483 e. The molecule has 34 heavy (non-hydrogen) atoms. The van der Waals surface area contributed by atoms with E-state index in [-0.39, 0.29) is 23.5 Å². The Morgan fingerprint density at radius 2 is 1.79 bits per heavy atom. The van der Waals surface area contributed by atoms with Gasteiger partial charge in [0, 0.05) is 21.9 Å². The molecule has 0 radical (unpaired) electrons. The second-order valence-corrected chi connectivity index (χ2v) is 11.3. The maximum absolute atomic E-state index is 13.0. The molecular weight excluding hydrogens is 516 g/mol. The van der Waals surface area contributed by atoms with Crippen LogP contribution in [-0.2, 0) is 21.2 Å². The molecule has 8 heteroatoms. The van der Waals surface area contributed by atoms with Crippen LogP contribution >= 0.6 is 15.9 Å². The summed E-state index contributed by atoms with van der Waals surface area (Å²) in [6.07, 6.45) is 0.791. The summed E-state index contributed by atoms with van der Waals surface area (Å²) in [4.78, 5) is 14.9. The fourth-order valence-electron chi connectivity index (χ4n) is 4.16. The number of benzene rings is 3. The highest BCUT2D eigenvalue weighted by atomic mass is 79.9. The van der Waals surface area contributed by atoms with Gasteiger partial charge >= 0.3 is 0 Å². The van der Waals surface area contributed by atoms with Crippen molar-refractivity contribution in [1.29, 1.82) is 0 Å². The Bertz CT molecular complexity index is 1370. The van der Waals surface area contributed by atoms with Crippen LogP contribution in [0.25, 0.3) is 0 Å². The molecule has 1 heterocycles. The van der Waals surface area contributed by atoms with E-state index in [9.17, 15) is 13.2 Å². The van der Waals surface area contributed by atoms with E-state index >= 15 is 0 Å². The van der Waals surface area contributed by atoms with Crippen molar-refractivity contribution in [2.75, 3.05) is 16.2 Å². The second kappa shape index (κ2) is 9.43. The number of rotatable bonds is 6. The Balaban J connectivity index is 1.45. The topological polar surface area (TPSA) is 75.7 Å². The zero-order valence-corrected chi connectivity index (χ0v) is 22.0. The Morgan fingerprint density at radius 3 is 2.50 bits per heavy atom. The molecule has 1 N–H and O–H groups in total. The number of nitrogens with zero attached hydrogens (tertiary/aromatic N) is 1. The van der Waals surface area contributed by atoms with E-state index in [1.165, 1.54) is 6.07 Å². The van der Waals surface area contributed by atoms with E-state index in [0.29, 0.717) is 17.0 Å². The van der Waals surface area contributed by atoms with Crippen LogP contribution in [0.15, 0.2) is 64.0 Å². The molecule has 0 aliphatic carbocycles. The van der Waals surface area contributed by atoms with E-state index in [1.807, 2.05) is 45.0 Å². The number of hydrogen-bond acceptors (Lipinski definition) is 4. The Morgan fingerprint density at radius 1 is 1.03 bits per heavy atom. The summed E-state index contributed by atoms with van der Waals surface area (Å²) in [5.41, 5.74) is 5.27. The highest BCUT2D eigenvalue weighted by molar-refractivity contribution is 9.10. The van der Waals surface area contributed by atoms with Crippen LogP contribution in [0.1, 0.15) is 29.2 Å². The second-order valence-electron chi connectivity index (χ2n) is 8.71. The van der Waals surface area contributed by atoms with Crippen molar-refractivity contribution >= 4 is 43.2 Å². The summed E-state index contributed by atoms with van der Waals surface area (Å²) in [7, 11) is -3.76. The Kier molecular flexibility index (Phi) is 6.73. The number of amides is 1. The number of fused-ring (bicyclic) bond motifs is 1. The third-order valence-electron chi connectivity index (χ3n) is 6.09. The molecule has 1 aliphatic heterocycles. The van der Waals surface area contributed by atoms with Crippen molar-refractivity contribution in [2.24, 2.45) is 0 Å².